The van der Waals surface area contributed by atoms with E-state index < -0.39 is 98.7 Å². The van der Waals surface area contributed by atoms with E-state index in [0.29, 0.717) is 51.6 Å². The van der Waals surface area contributed by atoms with Crippen molar-refractivity contribution in [2.75, 3.05) is 6.61 Å². The number of carbonyl (C=O) groups is 1. The van der Waals surface area contributed by atoms with Crippen LogP contribution in [0.2, 0.25) is 82.6 Å². The standard InChI is InChI=1S/C97H156O13Si6/c1-32-33-54-80-89(108-112(26,27)93(9,10)11)91(110-114(30,31)95(15,16)17)90(109-113(28,29)94(12,13)14)88(105-80)81(106-111(24,25)92(6,7)8)59-56-71(98)55-57-72-64-68(3)78(101-72)60-58-73-63-67(2)69(4)82(102-73)65-84-86(99)70(5)87-85(103-84)66-83(107-116(97(21,22)23,76-50-42-36-43-51-76)77-52-44-37-45-53-77)79(104-87)61-62-100-115(96(18,19)20,74-46-38-34-39-47-74)75-48-40-35-41-49-75/h32,34-53,56,59,67,70,72-73,78-91,99H,1,3-4,33,54-55,57-58,60-66H2,2,5-31H3/b59-56+/t67-,70-,72+,73+,78+,79-,80+,81+,82?,83?,84+,85?,86?,87?,88?,89+,90-,91+/m1/s1. The van der Waals surface area contributed by atoms with Gasteiger partial charge in [0.2, 0.25) is 0 Å². The molecule has 0 aromatic heterocycles. The molecule has 18 atom stereocenters. The van der Waals surface area contributed by atoms with Gasteiger partial charge in [0, 0.05) is 31.8 Å². The largest absolute Gasteiger partial charge is 0.409 e. The van der Waals surface area contributed by atoms with Crippen LogP contribution < -0.4 is 20.7 Å². The lowest BCUT2D eigenvalue weighted by atomic mass is 9.79. The minimum atomic E-state index is -3.14. The molecule has 646 valence electrons. The van der Waals surface area contributed by atoms with Crippen LogP contribution in [0.4, 0.5) is 0 Å². The first-order chi connectivity index (χ1) is 53.7. The summed E-state index contributed by atoms with van der Waals surface area (Å²) in [6.07, 6.45) is 5.85. The summed E-state index contributed by atoms with van der Waals surface area (Å²) < 4.78 is 83.3. The van der Waals surface area contributed by atoms with Crippen LogP contribution in [-0.2, 0) is 55.0 Å². The Labute approximate surface area is 710 Å². The number of fused-ring (bicyclic) bond motifs is 1. The summed E-state index contributed by atoms with van der Waals surface area (Å²) in [5.41, 5.74) is 2.07. The number of benzene rings is 4. The van der Waals surface area contributed by atoms with Crippen LogP contribution in [-0.4, -0.2) is 165 Å². The van der Waals surface area contributed by atoms with Crippen molar-refractivity contribution in [2.24, 2.45) is 11.8 Å². The Morgan fingerprint density at radius 1 is 0.500 bits per heavy atom. The molecule has 0 bridgehead atoms. The molecule has 6 unspecified atom stereocenters. The number of ether oxygens (including phenoxy) is 5. The van der Waals surface area contributed by atoms with Crippen molar-refractivity contribution in [2.45, 2.75) is 389 Å². The van der Waals surface area contributed by atoms with Crippen molar-refractivity contribution in [1.29, 1.82) is 0 Å². The second-order valence-electron chi connectivity index (χ2n) is 43.2. The molecule has 1 N–H and O–H groups in total. The molecule has 5 fully saturated rings. The number of ketones is 1. The highest BCUT2D eigenvalue weighted by atomic mass is 28.4. The topological polar surface area (TPSA) is 139 Å². The van der Waals surface area contributed by atoms with E-state index in [1.807, 2.05) is 12.2 Å². The van der Waals surface area contributed by atoms with Gasteiger partial charge < -0.3 is 55.3 Å². The van der Waals surface area contributed by atoms with Crippen molar-refractivity contribution < 1.29 is 60.1 Å². The second kappa shape index (κ2) is 37.8. The average molecular weight is 1700 g/mol. The third-order valence-corrected chi connectivity index (χ3v) is 56.5. The van der Waals surface area contributed by atoms with Gasteiger partial charge in [0.25, 0.3) is 16.6 Å². The lowest BCUT2D eigenvalue weighted by molar-refractivity contribution is -0.267. The van der Waals surface area contributed by atoms with Crippen molar-refractivity contribution in [3.8, 4) is 0 Å². The Morgan fingerprint density at radius 3 is 1.44 bits per heavy atom. The van der Waals surface area contributed by atoms with E-state index in [0.717, 1.165) is 36.8 Å². The summed E-state index contributed by atoms with van der Waals surface area (Å²) in [5, 5.41) is 16.5. The molecule has 0 amide bonds. The highest BCUT2D eigenvalue weighted by Crippen LogP contribution is 2.51. The fourth-order valence-corrected chi connectivity index (χ4v) is 31.8. The Bertz CT molecular complexity index is 3790. The van der Waals surface area contributed by atoms with Crippen LogP contribution in [0.1, 0.15) is 209 Å². The molecule has 5 aliphatic heterocycles. The first-order valence-corrected chi connectivity index (χ1v) is 59.5. The summed E-state index contributed by atoms with van der Waals surface area (Å²) in [5.74, 6) is -0.0784. The van der Waals surface area contributed by atoms with E-state index in [9.17, 15) is 9.90 Å². The molecular weight excluding hydrogens is 1540 g/mol. The maximum atomic E-state index is 14.7. The minimum absolute atomic E-state index is 0.00484. The molecule has 13 nitrogen and oxygen atoms in total. The molecule has 0 saturated carbocycles. The van der Waals surface area contributed by atoms with E-state index in [1.165, 1.54) is 20.7 Å². The molecule has 4 aromatic rings. The zero-order valence-corrected chi connectivity index (χ0v) is 83.1. The van der Waals surface area contributed by atoms with Crippen LogP contribution in [0.3, 0.4) is 0 Å². The molecule has 0 aliphatic carbocycles. The van der Waals surface area contributed by atoms with Gasteiger partial charge in [-0.1, -0.05) is 285 Å². The van der Waals surface area contributed by atoms with E-state index in [4.69, 9.17) is 50.2 Å². The molecule has 4 aromatic carbocycles. The molecule has 0 radical (unpaired) electrons. The van der Waals surface area contributed by atoms with Gasteiger partial charge in [0.05, 0.1) is 79.4 Å². The van der Waals surface area contributed by atoms with Crippen molar-refractivity contribution >= 4 is 76.4 Å². The van der Waals surface area contributed by atoms with Gasteiger partial charge in [-0.15, -0.1) is 6.58 Å². The van der Waals surface area contributed by atoms with Gasteiger partial charge >= 0.3 is 0 Å². The number of carbonyl (C=O) groups excluding carboxylic acids is 1. The van der Waals surface area contributed by atoms with E-state index in [-0.39, 0.29) is 96.7 Å². The Morgan fingerprint density at radius 2 is 0.966 bits per heavy atom. The maximum absolute atomic E-state index is 14.7. The quantitative estimate of drug-likeness (QED) is 0.0282. The summed E-state index contributed by atoms with van der Waals surface area (Å²) in [4.78, 5) is 14.7. The first kappa shape index (κ1) is 96.2. The molecule has 116 heavy (non-hydrogen) atoms. The van der Waals surface area contributed by atoms with Gasteiger partial charge in [-0.3, -0.25) is 4.79 Å². The van der Waals surface area contributed by atoms with Crippen molar-refractivity contribution in [3.05, 3.63) is 170 Å². The van der Waals surface area contributed by atoms with E-state index in [2.05, 4.69) is 332 Å². The van der Waals surface area contributed by atoms with E-state index in [1.54, 1.807) is 6.08 Å². The predicted octanol–water partition coefficient (Wildman–Crippen LogP) is 21.3. The smallest absolute Gasteiger partial charge is 0.261 e. The van der Waals surface area contributed by atoms with Gasteiger partial charge in [-0.05, 0) is 178 Å². The molecule has 5 heterocycles. The molecule has 5 aliphatic rings. The van der Waals surface area contributed by atoms with Crippen LogP contribution in [0.5, 0.6) is 0 Å². The summed E-state index contributed by atoms with van der Waals surface area (Å²) in [7, 11) is -16.2. The molecule has 9 rings (SSSR count). The highest BCUT2D eigenvalue weighted by Gasteiger charge is 2.61. The molecular formula is C97H156O13Si6. The molecule has 5 saturated heterocycles. The molecule has 0 spiro atoms. The summed E-state index contributed by atoms with van der Waals surface area (Å²) in [6, 6.07) is 43.5. The zero-order valence-electron chi connectivity index (χ0n) is 77.1. The van der Waals surface area contributed by atoms with Gasteiger partial charge in [-0.2, -0.15) is 0 Å². The average Bonchev–Trinajstić information content (AvgIpc) is 0.765. The number of hydrogen-bond acceptors (Lipinski definition) is 13. The Kier molecular flexibility index (Phi) is 31.3. The number of aliphatic hydroxyl groups excluding tert-OH is 1. The van der Waals surface area contributed by atoms with Crippen molar-refractivity contribution in [1.82, 2.24) is 0 Å². The fraction of sp³-hybridized carbons (Fsp3) is 0.660. The maximum Gasteiger partial charge on any atom is 0.261 e. The van der Waals surface area contributed by atoms with Crippen LogP contribution >= 0.6 is 0 Å². The van der Waals surface area contributed by atoms with Crippen LogP contribution in [0.25, 0.3) is 0 Å². The fourth-order valence-electron chi connectivity index (χ4n) is 17.3. The van der Waals surface area contributed by atoms with E-state index >= 15 is 0 Å². The highest BCUT2D eigenvalue weighted by molar-refractivity contribution is 7.00. The first-order valence-electron chi connectivity index (χ1n) is 44.1. The SMILES string of the molecule is C=CCC[C@@H]1OC([C@H](/C=C/C(=O)CC[C@H]2CC(=C)[C@H](CC[C@H]3C[C@@H](C)C(=C)C(C[C@@H]4OC5CC(O[Si](c6ccccc6)(c6ccccc6)C(C)(C)C)[C@@H](CCO[Si](c6ccccc6)(c6ccccc6)C(C)(C)C)OC5[C@H](C)C4O)O3)O2)O[Si](C)(C)C(C)(C)C)[C@@H](O[Si](C)(C)C(C)(C)C)[C@@H](O[Si](C)(C)C(C)(C)C)[C@H]1O[Si](C)(C)C(C)(C)C. The summed E-state index contributed by atoms with van der Waals surface area (Å²) >= 11 is 0. The lowest BCUT2D eigenvalue weighted by Gasteiger charge is -2.56. The van der Waals surface area contributed by atoms with Crippen molar-refractivity contribution in [3.63, 3.8) is 0 Å². The molecule has 19 heteroatoms. The normalized spacial score (nSPS) is 28.4. The third kappa shape index (κ3) is 21.9. The van der Waals surface area contributed by atoms with Crippen LogP contribution in [0, 0.1) is 11.8 Å². The Hall–Kier alpha value is -3.67. The zero-order chi connectivity index (χ0) is 86.0. The monoisotopic (exact) mass is 1700 g/mol. The minimum Gasteiger partial charge on any atom is -0.409 e. The predicted molar refractivity (Wildman–Crippen MR) is 495 cm³/mol. The van der Waals surface area contributed by atoms with Gasteiger partial charge in [0.15, 0.2) is 39.1 Å². The lowest BCUT2D eigenvalue weighted by Crippen LogP contribution is -2.70. The number of aliphatic hydroxyl groups is 1. The number of hydrogen-bond donors (Lipinski definition) is 1. The summed E-state index contributed by atoms with van der Waals surface area (Å²) in [6.45, 7) is 78.2. The van der Waals surface area contributed by atoms with Gasteiger partial charge in [-0.25, -0.2) is 0 Å². The van der Waals surface area contributed by atoms with Gasteiger partial charge in [0.1, 0.15) is 18.3 Å². The Balaban J connectivity index is 0.911. The number of rotatable bonds is 32. The van der Waals surface area contributed by atoms with Crippen LogP contribution in [0.15, 0.2) is 170 Å². The number of allylic oxidation sites excluding steroid dienone is 2. The third-order valence-electron chi connectivity index (χ3n) is 28.5. The second-order valence-corrected chi connectivity index (χ2v) is 70.8.